The lowest BCUT2D eigenvalue weighted by atomic mass is 9.93. The van der Waals surface area contributed by atoms with Crippen LogP contribution in [0, 0.1) is 11.6 Å². The first-order valence-electron chi connectivity index (χ1n) is 11.2. The Morgan fingerprint density at radius 1 is 1.06 bits per heavy atom. The number of aromatic hydroxyl groups is 1. The summed E-state index contributed by atoms with van der Waals surface area (Å²) in [6, 6.07) is 10.4. The van der Waals surface area contributed by atoms with Crippen LogP contribution in [0.25, 0.3) is 0 Å². The van der Waals surface area contributed by atoms with Gasteiger partial charge in [0, 0.05) is 28.5 Å². The van der Waals surface area contributed by atoms with Gasteiger partial charge in [0.15, 0.2) is 23.1 Å². The summed E-state index contributed by atoms with van der Waals surface area (Å²) in [6.45, 7) is 2.28. The zero-order valence-electron chi connectivity index (χ0n) is 18.6. The highest BCUT2D eigenvalue weighted by Gasteiger charge is 2.48. The largest absolute Gasteiger partial charge is 0.502 e. The van der Waals surface area contributed by atoms with Crippen LogP contribution < -0.4 is 10.4 Å². The fraction of sp³-hybridized carbons (Fsp3) is 0.280. The number of rotatable bonds is 1. The summed E-state index contributed by atoms with van der Waals surface area (Å²) < 4.78 is 36.7. The Hall–Kier alpha value is -3.37. The smallest absolute Gasteiger partial charge is 0.278 e. The van der Waals surface area contributed by atoms with Crippen LogP contribution in [0.2, 0.25) is 0 Å². The normalized spacial score (nSPS) is 23.2. The third-order valence-corrected chi connectivity index (χ3v) is 7.96. The number of morpholine rings is 1. The Morgan fingerprint density at radius 2 is 1.86 bits per heavy atom. The van der Waals surface area contributed by atoms with Gasteiger partial charge in [-0.2, -0.15) is 0 Å². The van der Waals surface area contributed by atoms with E-state index in [2.05, 4.69) is 0 Å². The minimum Gasteiger partial charge on any atom is -0.502 e. The van der Waals surface area contributed by atoms with Gasteiger partial charge in [-0.1, -0.05) is 24.3 Å². The molecule has 0 aliphatic carbocycles. The number of thioether (sulfide) groups is 1. The Bertz CT molecular complexity index is 1430. The number of carbonyl (C=O) groups excluding carboxylic acids is 1. The van der Waals surface area contributed by atoms with Gasteiger partial charge in [0.2, 0.25) is 5.43 Å². The van der Waals surface area contributed by atoms with Crippen molar-refractivity contribution in [3.05, 3.63) is 92.9 Å². The molecule has 1 amide bonds. The minimum absolute atomic E-state index is 0.160. The molecule has 1 saturated heterocycles. The average Bonchev–Trinajstić information content (AvgIpc) is 3.01. The van der Waals surface area contributed by atoms with Gasteiger partial charge < -0.3 is 14.7 Å². The molecule has 3 aliphatic rings. The van der Waals surface area contributed by atoms with Crippen LogP contribution in [0.15, 0.2) is 58.4 Å². The number of aromatic nitrogens is 1. The standard InChI is InChI=1S/C25H21F2N3O4S/c1-13-10-34-11-20-29(13)25(33)23-24(32)18(31)8-9-28(23)30(20)22-14-6-7-17(26)21(27)16(14)12-35-19-5-3-2-4-15(19)22/h2-9,13,20,22,32H,10-12H2,1H3/t13-,20-,22+/m1/s1. The first kappa shape index (κ1) is 22.1. The summed E-state index contributed by atoms with van der Waals surface area (Å²) >= 11 is 1.41. The third kappa shape index (κ3) is 3.20. The summed E-state index contributed by atoms with van der Waals surface area (Å²) in [6.07, 6.45) is 0.814. The Labute approximate surface area is 203 Å². The van der Waals surface area contributed by atoms with Crippen LogP contribution in [-0.4, -0.2) is 46.0 Å². The van der Waals surface area contributed by atoms with E-state index in [1.807, 2.05) is 36.2 Å². The van der Waals surface area contributed by atoms with E-state index in [1.54, 1.807) is 11.0 Å². The number of fused-ring (bicyclic) bond motifs is 4. The quantitative estimate of drug-likeness (QED) is 0.556. The second-order valence-corrected chi connectivity index (χ2v) is 9.86. The fourth-order valence-electron chi connectivity index (χ4n) is 5.26. The van der Waals surface area contributed by atoms with Gasteiger partial charge in [-0.15, -0.1) is 11.8 Å². The highest BCUT2D eigenvalue weighted by Crippen LogP contribution is 2.45. The van der Waals surface area contributed by atoms with Crippen molar-refractivity contribution in [3.8, 4) is 5.75 Å². The SMILES string of the molecule is C[C@@H]1COC[C@@H]2N1C(=O)c1c(O)c(=O)ccn1N2[C@@H]1c2ccccc2SCc2c1ccc(F)c2F. The second kappa shape index (κ2) is 8.10. The number of carbonyl (C=O) groups is 1. The molecule has 35 heavy (non-hydrogen) atoms. The molecule has 0 bridgehead atoms. The monoisotopic (exact) mass is 497 g/mol. The molecule has 2 aromatic carbocycles. The van der Waals surface area contributed by atoms with Crippen LogP contribution in [0.5, 0.6) is 5.75 Å². The second-order valence-electron chi connectivity index (χ2n) is 8.84. The molecule has 7 nitrogen and oxygen atoms in total. The van der Waals surface area contributed by atoms with E-state index in [0.29, 0.717) is 12.2 Å². The van der Waals surface area contributed by atoms with Crippen molar-refractivity contribution in [3.63, 3.8) is 0 Å². The number of nitrogens with zero attached hydrogens (tertiary/aromatic N) is 3. The Kier molecular flexibility index (Phi) is 5.12. The van der Waals surface area contributed by atoms with Crippen LogP contribution >= 0.6 is 11.8 Å². The van der Waals surface area contributed by atoms with E-state index in [4.69, 9.17) is 4.74 Å². The summed E-state index contributed by atoms with van der Waals surface area (Å²) in [4.78, 5) is 28.3. The molecule has 3 aromatic rings. The molecule has 6 rings (SSSR count). The Balaban J connectivity index is 1.68. The van der Waals surface area contributed by atoms with Crippen molar-refractivity contribution in [1.82, 2.24) is 9.58 Å². The minimum atomic E-state index is -0.930. The van der Waals surface area contributed by atoms with Crippen molar-refractivity contribution in [2.45, 2.75) is 35.8 Å². The molecular formula is C25H21F2N3O4S. The van der Waals surface area contributed by atoms with E-state index in [9.17, 15) is 19.1 Å². The summed E-state index contributed by atoms with van der Waals surface area (Å²) in [5, 5.41) is 12.5. The maximum Gasteiger partial charge on any atom is 0.278 e. The lowest BCUT2D eigenvalue weighted by Gasteiger charge is -2.53. The van der Waals surface area contributed by atoms with Gasteiger partial charge in [0.25, 0.3) is 5.91 Å². The van der Waals surface area contributed by atoms with Crippen LogP contribution in [0.4, 0.5) is 8.78 Å². The molecule has 0 saturated carbocycles. The van der Waals surface area contributed by atoms with Gasteiger partial charge in [-0.25, -0.2) is 8.78 Å². The first-order valence-corrected chi connectivity index (χ1v) is 12.2. The molecule has 0 spiro atoms. The van der Waals surface area contributed by atoms with Crippen molar-refractivity contribution in [2.24, 2.45) is 0 Å². The number of benzene rings is 2. The van der Waals surface area contributed by atoms with Gasteiger partial charge in [0.1, 0.15) is 6.17 Å². The van der Waals surface area contributed by atoms with Crippen molar-refractivity contribution in [2.75, 3.05) is 18.2 Å². The lowest BCUT2D eigenvalue weighted by Crippen LogP contribution is -2.68. The molecule has 0 radical (unpaired) electrons. The highest BCUT2D eigenvalue weighted by molar-refractivity contribution is 7.98. The molecule has 1 fully saturated rings. The molecule has 0 unspecified atom stereocenters. The third-order valence-electron chi connectivity index (χ3n) is 6.84. The van der Waals surface area contributed by atoms with Crippen LogP contribution in [0.3, 0.4) is 0 Å². The van der Waals surface area contributed by atoms with E-state index in [-0.39, 0.29) is 29.7 Å². The number of pyridine rings is 1. The fourth-order valence-corrected chi connectivity index (χ4v) is 6.37. The summed E-state index contributed by atoms with van der Waals surface area (Å²) in [7, 11) is 0. The van der Waals surface area contributed by atoms with E-state index < -0.39 is 40.9 Å². The number of hydrogen-bond donors (Lipinski definition) is 1. The highest BCUT2D eigenvalue weighted by atomic mass is 32.2. The maximum atomic E-state index is 15.1. The summed E-state index contributed by atoms with van der Waals surface area (Å²) in [5.41, 5.74) is 0.767. The number of ether oxygens (including phenoxy) is 1. The molecule has 10 heteroatoms. The van der Waals surface area contributed by atoms with Gasteiger partial charge >= 0.3 is 0 Å². The van der Waals surface area contributed by atoms with Crippen LogP contribution in [-0.2, 0) is 10.5 Å². The van der Waals surface area contributed by atoms with Crippen molar-refractivity contribution < 1.29 is 23.4 Å². The zero-order chi connectivity index (χ0) is 24.4. The molecule has 180 valence electrons. The first-order chi connectivity index (χ1) is 16.9. The Morgan fingerprint density at radius 3 is 2.69 bits per heavy atom. The molecule has 4 heterocycles. The van der Waals surface area contributed by atoms with E-state index in [0.717, 1.165) is 16.5 Å². The number of hydrogen-bond acceptors (Lipinski definition) is 6. The lowest BCUT2D eigenvalue weighted by molar-refractivity contribution is -0.0469. The van der Waals surface area contributed by atoms with Crippen molar-refractivity contribution >= 4 is 17.7 Å². The van der Waals surface area contributed by atoms with Crippen LogP contribution in [0.1, 0.15) is 40.1 Å². The van der Waals surface area contributed by atoms with Crippen molar-refractivity contribution in [1.29, 1.82) is 0 Å². The summed E-state index contributed by atoms with van der Waals surface area (Å²) in [5.74, 6) is -2.75. The number of halogens is 2. The topological polar surface area (TPSA) is 75.0 Å². The number of amides is 1. The van der Waals surface area contributed by atoms with Gasteiger partial charge in [-0.05, 0) is 30.2 Å². The molecule has 3 atom stereocenters. The maximum absolute atomic E-state index is 15.1. The molecule has 1 N–H and O–H groups in total. The van der Waals surface area contributed by atoms with E-state index >= 15 is 4.39 Å². The zero-order valence-corrected chi connectivity index (χ0v) is 19.5. The predicted molar refractivity (Wildman–Crippen MR) is 125 cm³/mol. The van der Waals surface area contributed by atoms with E-state index in [1.165, 1.54) is 28.7 Å². The molecular weight excluding hydrogens is 476 g/mol. The predicted octanol–water partition coefficient (Wildman–Crippen LogP) is 3.37. The average molecular weight is 498 g/mol. The molecule has 3 aliphatic heterocycles. The molecule has 1 aromatic heterocycles. The van der Waals surface area contributed by atoms with Gasteiger partial charge in [-0.3, -0.25) is 19.3 Å². The van der Waals surface area contributed by atoms with Gasteiger partial charge in [0.05, 0.1) is 25.3 Å².